The van der Waals surface area contributed by atoms with E-state index in [2.05, 4.69) is 243 Å². The van der Waals surface area contributed by atoms with E-state index in [1.165, 1.54) is 111 Å². The highest BCUT2D eigenvalue weighted by atomic mass is 32.2. The number of thioether (sulfide) groups is 2. The van der Waals surface area contributed by atoms with Crippen LogP contribution in [0.3, 0.4) is 0 Å². The molecule has 4 heterocycles. The van der Waals surface area contributed by atoms with Crippen molar-refractivity contribution >= 4 is 23.5 Å². The van der Waals surface area contributed by atoms with Gasteiger partial charge >= 0.3 is 0 Å². The monoisotopic (exact) mass is 880 g/mol. The number of hydrogen-bond donors (Lipinski definition) is 0. The lowest BCUT2D eigenvalue weighted by molar-refractivity contribution is 1.36. The molecule has 66 heavy (non-hydrogen) atoms. The van der Waals surface area contributed by atoms with E-state index >= 15 is 0 Å². The summed E-state index contributed by atoms with van der Waals surface area (Å²) in [4.78, 5) is 0. The second-order valence-electron chi connectivity index (χ2n) is 17.0. The standard InChI is InChI=1S/C64H48S2/c1-3-27-61-53(15-1)43-65-41-45-31-35-47(36-32-45)55-21-6-8-24-58(55)50-18-14-20-52(40-50)60-26-10-12-30-64(60)62-28-4-2-16-54(62)44-66-42-46-33-37-48(38-34-46)56-22-5-7-23-57(56)49-17-13-19-51(39-49)59-25-9-11-29-63(59)61/h1-40H,41-44H2. The Balaban J connectivity index is 0.985. The van der Waals surface area contributed by atoms with Crippen molar-refractivity contribution in [1.29, 1.82) is 0 Å². The van der Waals surface area contributed by atoms with E-state index in [0.29, 0.717) is 0 Å². The molecule has 10 aromatic rings. The molecule has 4 aliphatic heterocycles. The maximum atomic E-state index is 2.37. The van der Waals surface area contributed by atoms with Gasteiger partial charge in [0, 0.05) is 23.0 Å². The van der Waals surface area contributed by atoms with Crippen LogP contribution in [-0.4, -0.2) is 0 Å². The third-order valence-corrected chi connectivity index (χ3v) is 15.0. The normalized spacial score (nSPS) is 12.5. The molecular weight excluding hydrogens is 833 g/mol. The van der Waals surface area contributed by atoms with Gasteiger partial charge in [0.2, 0.25) is 0 Å². The molecule has 10 aromatic carbocycles. The van der Waals surface area contributed by atoms with E-state index in [9.17, 15) is 0 Å². The largest absolute Gasteiger partial charge is 0.152 e. The van der Waals surface area contributed by atoms with E-state index in [-0.39, 0.29) is 0 Å². The first kappa shape index (κ1) is 41.6. The minimum atomic E-state index is 0.922. The molecule has 8 bridgehead atoms. The molecule has 0 aliphatic carbocycles. The van der Waals surface area contributed by atoms with Gasteiger partial charge < -0.3 is 0 Å². The molecule has 0 saturated carbocycles. The smallest absolute Gasteiger partial charge is 0.0194 e. The quantitative estimate of drug-likeness (QED) is 0.149. The van der Waals surface area contributed by atoms with Crippen LogP contribution < -0.4 is 0 Å². The van der Waals surface area contributed by atoms with Crippen molar-refractivity contribution in [2.24, 2.45) is 0 Å². The van der Waals surface area contributed by atoms with E-state index in [4.69, 9.17) is 0 Å². The maximum absolute atomic E-state index is 2.37. The summed E-state index contributed by atoms with van der Waals surface area (Å²) in [7, 11) is 0. The predicted molar refractivity (Wildman–Crippen MR) is 286 cm³/mol. The molecule has 0 radical (unpaired) electrons. The Morgan fingerprint density at radius 2 is 0.470 bits per heavy atom. The lowest BCUT2D eigenvalue weighted by atomic mass is 9.89. The van der Waals surface area contributed by atoms with Crippen molar-refractivity contribution in [3.8, 4) is 89.0 Å². The van der Waals surface area contributed by atoms with Crippen LogP contribution in [0, 0.1) is 0 Å². The molecule has 316 valence electrons. The predicted octanol–water partition coefficient (Wildman–Crippen LogP) is 18.2. The topological polar surface area (TPSA) is 0 Å². The minimum Gasteiger partial charge on any atom is -0.152 e. The Morgan fingerprint density at radius 3 is 0.818 bits per heavy atom. The summed E-state index contributed by atoms with van der Waals surface area (Å²) in [5.74, 6) is 3.72. The zero-order valence-electron chi connectivity index (χ0n) is 36.7. The fraction of sp³-hybridized carbons (Fsp3) is 0.0625. The molecule has 0 amide bonds. The molecule has 0 spiro atoms. The van der Waals surface area contributed by atoms with Crippen LogP contribution in [0.25, 0.3) is 89.0 Å². The lowest BCUT2D eigenvalue weighted by Gasteiger charge is -2.17. The molecular formula is C64H48S2. The van der Waals surface area contributed by atoms with Crippen molar-refractivity contribution in [1.82, 2.24) is 0 Å². The highest BCUT2D eigenvalue weighted by Crippen LogP contribution is 2.41. The van der Waals surface area contributed by atoms with Crippen molar-refractivity contribution in [2.75, 3.05) is 0 Å². The Hall–Kier alpha value is -7.10. The third kappa shape index (κ3) is 8.71. The molecule has 0 aromatic heterocycles. The van der Waals surface area contributed by atoms with Crippen molar-refractivity contribution in [3.05, 3.63) is 265 Å². The maximum Gasteiger partial charge on any atom is 0.0194 e. The summed E-state index contributed by atoms with van der Waals surface area (Å²) in [6, 6.07) is 90.1. The van der Waals surface area contributed by atoms with Crippen LogP contribution in [0.1, 0.15) is 22.3 Å². The van der Waals surface area contributed by atoms with E-state index < -0.39 is 0 Å². The highest BCUT2D eigenvalue weighted by Gasteiger charge is 2.16. The summed E-state index contributed by atoms with van der Waals surface area (Å²) >= 11 is 3.95. The molecule has 0 fully saturated rings. The Morgan fingerprint density at radius 1 is 0.197 bits per heavy atom. The third-order valence-electron chi connectivity index (χ3n) is 12.9. The lowest BCUT2D eigenvalue weighted by Crippen LogP contribution is -1.93. The van der Waals surface area contributed by atoms with Gasteiger partial charge in [-0.1, -0.05) is 231 Å². The highest BCUT2D eigenvalue weighted by molar-refractivity contribution is 7.98. The molecule has 0 atom stereocenters. The van der Waals surface area contributed by atoms with Gasteiger partial charge in [-0.3, -0.25) is 0 Å². The first-order valence-electron chi connectivity index (χ1n) is 22.8. The van der Waals surface area contributed by atoms with Gasteiger partial charge in [-0.05, 0) is 123 Å². The summed E-state index contributed by atoms with van der Waals surface area (Å²) in [5, 5.41) is 0. The van der Waals surface area contributed by atoms with Gasteiger partial charge in [-0.2, -0.15) is 23.5 Å². The van der Waals surface area contributed by atoms with Crippen LogP contribution in [0.4, 0.5) is 0 Å². The Labute approximate surface area is 398 Å². The van der Waals surface area contributed by atoms with Crippen molar-refractivity contribution < 1.29 is 0 Å². The van der Waals surface area contributed by atoms with Gasteiger partial charge in [0.1, 0.15) is 0 Å². The first-order chi connectivity index (χ1) is 32.7. The van der Waals surface area contributed by atoms with E-state index in [1.807, 2.05) is 23.5 Å². The molecule has 0 saturated heterocycles. The zero-order valence-corrected chi connectivity index (χ0v) is 38.4. The summed E-state index contributed by atoms with van der Waals surface area (Å²) in [5.41, 5.74) is 25.3. The fourth-order valence-corrected chi connectivity index (χ4v) is 11.6. The van der Waals surface area contributed by atoms with Crippen molar-refractivity contribution in [2.45, 2.75) is 23.0 Å². The summed E-state index contributed by atoms with van der Waals surface area (Å²) in [6.45, 7) is 0. The van der Waals surface area contributed by atoms with Crippen LogP contribution in [0.5, 0.6) is 0 Å². The second kappa shape index (κ2) is 19.2. The van der Waals surface area contributed by atoms with E-state index in [0.717, 1.165) is 23.0 Å². The molecule has 2 heteroatoms. The minimum absolute atomic E-state index is 0.922. The van der Waals surface area contributed by atoms with Crippen molar-refractivity contribution in [3.63, 3.8) is 0 Å². The van der Waals surface area contributed by atoms with Gasteiger partial charge in [0.05, 0.1) is 0 Å². The van der Waals surface area contributed by atoms with Crippen LogP contribution in [0.2, 0.25) is 0 Å². The molecule has 4 aliphatic rings. The fourth-order valence-electron chi connectivity index (χ4n) is 9.56. The number of hydrogen-bond acceptors (Lipinski definition) is 2. The van der Waals surface area contributed by atoms with Crippen LogP contribution >= 0.6 is 23.5 Å². The molecule has 0 N–H and O–H groups in total. The van der Waals surface area contributed by atoms with Gasteiger partial charge in [0.15, 0.2) is 0 Å². The average Bonchev–Trinajstić information content (AvgIpc) is 3.39. The first-order valence-corrected chi connectivity index (χ1v) is 25.1. The van der Waals surface area contributed by atoms with Gasteiger partial charge in [-0.25, -0.2) is 0 Å². The SMILES string of the molecule is c1cc2cc(c1)-c1ccccc1-c1ccccc1CSCc1ccc(cc1)-c1ccccc1-c1cccc(c1)-c1ccccc1-c1ccccc1CSCc1ccc(cc1)-c1ccccc1-2. The van der Waals surface area contributed by atoms with Crippen LogP contribution in [-0.2, 0) is 23.0 Å². The van der Waals surface area contributed by atoms with Gasteiger partial charge in [0.25, 0.3) is 0 Å². The number of rotatable bonds is 0. The second-order valence-corrected chi connectivity index (χ2v) is 19.0. The Kier molecular flexibility index (Phi) is 12.1. The summed E-state index contributed by atoms with van der Waals surface area (Å²) < 4.78 is 0. The molecule has 0 nitrogen and oxygen atoms in total. The average molecular weight is 881 g/mol. The van der Waals surface area contributed by atoms with Gasteiger partial charge in [-0.15, -0.1) is 0 Å². The summed E-state index contributed by atoms with van der Waals surface area (Å²) in [6.07, 6.45) is 0. The number of benzene rings is 10. The zero-order chi connectivity index (χ0) is 44.1. The van der Waals surface area contributed by atoms with E-state index in [1.54, 1.807) is 0 Å². The van der Waals surface area contributed by atoms with Crippen LogP contribution in [0.15, 0.2) is 243 Å². The Bertz CT molecular complexity index is 3080. The molecule has 0 unspecified atom stereocenters. The molecule has 14 rings (SSSR count).